The second-order valence-corrected chi connectivity index (χ2v) is 8.68. The molecule has 1 saturated carbocycles. The summed E-state index contributed by atoms with van der Waals surface area (Å²) in [5.41, 5.74) is 0.951. The maximum Gasteiger partial charge on any atom is 0.418 e. The molecule has 0 bridgehead atoms. The van der Waals surface area contributed by atoms with Gasteiger partial charge in [0.15, 0.2) is 0 Å². The first-order chi connectivity index (χ1) is 12.1. The van der Waals surface area contributed by atoms with Crippen LogP contribution in [-0.2, 0) is 30.1 Å². The van der Waals surface area contributed by atoms with Crippen molar-refractivity contribution >= 4 is 18.0 Å². The summed E-state index contributed by atoms with van der Waals surface area (Å²) in [6, 6.07) is 5.91. The van der Waals surface area contributed by atoms with Crippen LogP contribution in [0.2, 0.25) is 0 Å². The first-order valence-electron chi connectivity index (χ1n) is 8.95. The quantitative estimate of drug-likeness (QED) is 0.761. The molecule has 0 radical (unpaired) electrons. The first kappa shape index (κ1) is 17.1. The van der Waals surface area contributed by atoms with E-state index in [4.69, 9.17) is 9.47 Å². The van der Waals surface area contributed by atoms with Gasteiger partial charge in [0.1, 0.15) is 12.1 Å². The van der Waals surface area contributed by atoms with E-state index in [-0.39, 0.29) is 5.41 Å². The Labute approximate surface area is 152 Å². The summed E-state index contributed by atoms with van der Waals surface area (Å²) in [6.07, 6.45) is 1.67. The minimum atomic E-state index is -1.29. The van der Waals surface area contributed by atoms with Crippen LogP contribution in [-0.4, -0.2) is 35.0 Å². The van der Waals surface area contributed by atoms with Gasteiger partial charge in [0.05, 0.1) is 0 Å². The molecule has 2 fully saturated rings. The highest BCUT2D eigenvalue weighted by molar-refractivity contribution is 6.06. The van der Waals surface area contributed by atoms with E-state index in [0.29, 0.717) is 6.42 Å². The number of esters is 1. The van der Waals surface area contributed by atoms with Crippen molar-refractivity contribution in [2.75, 3.05) is 6.54 Å². The Morgan fingerprint density at radius 3 is 2.54 bits per heavy atom. The Kier molecular flexibility index (Phi) is 3.34. The average molecular weight is 357 g/mol. The van der Waals surface area contributed by atoms with E-state index in [9.17, 15) is 14.4 Å². The van der Waals surface area contributed by atoms with E-state index in [0.717, 1.165) is 34.4 Å². The lowest BCUT2D eigenvalue weighted by atomic mass is 9.93. The summed E-state index contributed by atoms with van der Waals surface area (Å²) in [5, 5.41) is 0. The summed E-state index contributed by atoms with van der Waals surface area (Å²) in [7, 11) is 0. The van der Waals surface area contributed by atoms with Gasteiger partial charge in [-0.15, -0.1) is 0 Å². The third kappa shape index (κ3) is 2.42. The Morgan fingerprint density at radius 1 is 1.23 bits per heavy atom. The summed E-state index contributed by atoms with van der Waals surface area (Å²) in [6.45, 7) is 6.80. The van der Waals surface area contributed by atoms with Crippen LogP contribution in [0.3, 0.4) is 0 Å². The molecule has 6 nitrogen and oxygen atoms in total. The van der Waals surface area contributed by atoms with Crippen LogP contribution in [0.1, 0.15) is 56.7 Å². The molecule has 4 rings (SSSR count). The molecule has 0 aromatic heterocycles. The number of amides is 2. The highest BCUT2D eigenvalue weighted by Crippen LogP contribution is 2.64. The van der Waals surface area contributed by atoms with Gasteiger partial charge in [0.2, 0.25) is 5.60 Å². The third-order valence-corrected chi connectivity index (χ3v) is 5.40. The largest absolute Gasteiger partial charge is 0.459 e. The molecule has 1 aliphatic heterocycles. The predicted octanol–water partition coefficient (Wildman–Crippen LogP) is 2.95. The maximum absolute atomic E-state index is 13.2. The summed E-state index contributed by atoms with van der Waals surface area (Å²) < 4.78 is 10.9. The highest BCUT2D eigenvalue weighted by atomic mass is 16.6. The number of hydrogen-bond acceptors (Lipinski definition) is 5. The second-order valence-electron chi connectivity index (χ2n) is 8.68. The van der Waals surface area contributed by atoms with Gasteiger partial charge in [-0.3, -0.25) is 9.59 Å². The SMILES string of the molecule is Cc1ccc2c(c1)C1(CC1)CC21OC(=O)N(CC(=O)OC(C)(C)C)C1=O. The van der Waals surface area contributed by atoms with Gasteiger partial charge >= 0.3 is 12.1 Å². The fraction of sp³-hybridized carbons (Fsp3) is 0.550. The number of imide groups is 1. The fourth-order valence-corrected chi connectivity index (χ4v) is 4.18. The molecular formula is C20H23NO5. The lowest BCUT2D eigenvalue weighted by molar-refractivity contribution is -0.157. The van der Waals surface area contributed by atoms with Crippen LogP contribution in [0, 0.1) is 6.92 Å². The third-order valence-electron chi connectivity index (χ3n) is 5.40. The molecule has 1 aromatic rings. The van der Waals surface area contributed by atoms with Crippen molar-refractivity contribution in [1.29, 1.82) is 0 Å². The molecule has 6 heteroatoms. The molecule has 26 heavy (non-hydrogen) atoms. The van der Waals surface area contributed by atoms with Gasteiger partial charge in [-0.05, 0) is 46.1 Å². The van der Waals surface area contributed by atoms with E-state index in [1.54, 1.807) is 20.8 Å². The van der Waals surface area contributed by atoms with Gasteiger partial charge in [0, 0.05) is 17.4 Å². The first-order valence-corrected chi connectivity index (χ1v) is 8.95. The van der Waals surface area contributed by atoms with Crippen LogP contribution < -0.4 is 0 Å². The number of nitrogens with zero attached hydrogens (tertiary/aromatic N) is 1. The normalized spacial score (nSPS) is 25.6. The van der Waals surface area contributed by atoms with E-state index >= 15 is 0 Å². The Balaban J connectivity index is 1.65. The zero-order valence-corrected chi connectivity index (χ0v) is 15.5. The Morgan fingerprint density at radius 2 is 1.92 bits per heavy atom. The summed E-state index contributed by atoms with van der Waals surface area (Å²) in [5.74, 6) is -1.08. The summed E-state index contributed by atoms with van der Waals surface area (Å²) >= 11 is 0. The number of fused-ring (bicyclic) bond motifs is 3. The molecule has 138 valence electrons. The fourth-order valence-electron chi connectivity index (χ4n) is 4.18. The van der Waals surface area contributed by atoms with Crippen LogP contribution in [0.4, 0.5) is 4.79 Å². The Bertz CT molecular complexity index is 833. The molecule has 1 atom stereocenters. The van der Waals surface area contributed by atoms with Gasteiger partial charge in [-0.1, -0.05) is 23.8 Å². The lowest BCUT2D eigenvalue weighted by Crippen LogP contribution is -2.41. The Hall–Kier alpha value is -2.37. The zero-order chi connectivity index (χ0) is 18.9. The van der Waals surface area contributed by atoms with Crippen LogP contribution in [0.5, 0.6) is 0 Å². The van der Waals surface area contributed by atoms with E-state index in [1.165, 1.54) is 0 Å². The van der Waals surface area contributed by atoms with Crippen molar-refractivity contribution in [3.8, 4) is 0 Å². The topological polar surface area (TPSA) is 72.9 Å². The van der Waals surface area contributed by atoms with E-state index < -0.39 is 35.7 Å². The van der Waals surface area contributed by atoms with Crippen molar-refractivity contribution in [2.45, 2.75) is 63.6 Å². The number of ether oxygens (including phenoxy) is 2. The minimum Gasteiger partial charge on any atom is -0.459 e. The van der Waals surface area contributed by atoms with Gasteiger partial charge in [0.25, 0.3) is 5.91 Å². The number of rotatable bonds is 2. The maximum atomic E-state index is 13.2. The van der Waals surface area contributed by atoms with Crippen molar-refractivity contribution in [1.82, 2.24) is 4.90 Å². The second kappa shape index (κ2) is 5.09. The standard InChI is InChI=1S/C20H23NO5/c1-12-5-6-13-14(9-12)19(7-8-19)11-20(13)16(23)21(17(24)26-20)10-15(22)25-18(2,3)4/h5-6,9H,7-8,10-11H2,1-4H3. The van der Waals surface area contributed by atoms with Crippen molar-refractivity contribution in [2.24, 2.45) is 0 Å². The average Bonchev–Trinajstić information content (AvgIpc) is 3.18. The molecule has 1 unspecified atom stereocenters. The monoisotopic (exact) mass is 357 g/mol. The van der Waals surface area contributed by atoms with Crippen LogP contribution in [0.25, 0.3) is 0 Å². The van der Waals surface area contributed by atoms with Crippen molar-refractivity contribution in [3.05, 3.63) is 34.9 Å². The molecule has 0 N–H and O–H groups in total. The predicted molar refractivity (Wildman–Crippen MR) is 92.4 cm³/mol. The number of carbonyl (C=O) groups excluding carboxylic acids is 3. The molecule has 1 aromatic carbocycles. The number of carbonyl (C=O) groups is 3. The molecule has 1 heterocycles. The van der Waals surface area contributed by atoms with Gasteiger partial charge in [-0.25, -0.2) is 9.69 Å². The molecule has 2 spiro atoms. The van der Waals surface area contributed by atoms with Crippen molar-refractivity contribution < 1.29 is 23.9 Å². The van der Waals surface area contributed by atoms with Gasteiger partial charge in [-0.2, -0.15) is 0 Å². The number of benzene rings is 1. The molecule has 2 aliphatic carbocycles. The number of aryl methyl sites for hydroxylation is 1. The summed E-state index contributed by atoms with van der Waals surface area (Å²) in [4.78, 5) is 38.6. The molecule has 3 aliphatic rings. The van der Waals surface area contributed by atoms with Crippen molar-refractivity contribution in [3.63, 3.8) is 0 Å². The van der Waals surface area contributed by atoms with Crippen LogP contribution >= 0.6 is 0 Å². The minimum absolute atomic E-state index is 0.0702. The van der Waals surface area contributed by atoms with E-state index in [2.05, 4.69) is 6.07 Å². The molecule has 1 saturated heterocycles. The molecular weight excluding hydrogens is 334 g/mol. The smallest absolute Gasteiger partial charge is 0.418 e. The molecule has 2 amide bonds. The van der Waals surface area contributed by atoms with Crippen LogP contribution in [0.15, 0.2) is 18.2 Å². The zero-order valence-electron chi connectivity index (χ0n) is 15.5. The number of hydrogen-bond donors (Lipinski definition) is 0. The van der Waals surface area contributed by atoms with Gasteiger partial charge < -0.3 is 9.47 Å². The van der Waals surface area contributed by atoms with E-state index in [1.807, 2.05) is 19.1 Å². The lowest BCUT2D eigenvalue weighted by Gasteiger charge is -2.22. The highest BCUT2D eigenvalue weighted by Gasteiger charge is 2.67.